The first kappa shape index (κ1) is 12.3. The smallest absolute Gasteiger partial charge is 0.218 e. The van der Waals surface area contributed by atoms with Crippen molar-refractivity contribution in [2.45, 2.75) is 32.7 Å². The van der Waals surface area contributed by atoms with Gasteiger partial charge in [-0.2, -0.15) is 4.98 Å². The van der Waals surface area contributed by atoms with Gasteiger partial charge in [-0.05, 0) is 13.3 Å². The number of hydrogen-bond acceptors (Lipinski definition) is 4. The Balaban J connectivity index is 2.80. The maximum Gasteiger partial charge on any atom is 0.218 e. The van der Waals surface area contributed by atoms with Crippen LogP contribution in [0.5, 0.6) is 5.88 Å². The first-order valence-electron chi connectivity index (χ1n) is 5.32. The minimum atomic E-state index is 0.00371. The Labute approximate surface area is 96.5 Å². The lowest BCUT2D eigenvalue weighted by Gasteiger charge is -2.13. The minimum Gasteiger partial charge on any atom is -0.481 e. The van der Waals surface area contributed by atoms with Crippen LogP contribution in [0.25, 0.3) is 0 Å². The van der Waals surface area contributed by atoms with Crippen molar-refractivity contribution in [1.29, 1.82) is 0 Å². The van der Waals surface area contributed by atoms with E-state index in [4.69, 9.17) is 11.2 Å². The van der Waals surface area contributed by atoms with Crippen LogP contribution < -0.4 is 10.1 Å². The van der Waals surface area contributed by atoms with Crippen molar-refractivity contribution in [1.82, 2.24) is 9.97 Å². The molecule has 0 fully saturated rings. The molecule has 1 aromatic heterocycles. The molecule has 0 aromatic carbocycles. The Kier molecular flexibility index (Phi) is 4.59. The summed E-state index contributed by atoms with van der Waals surface area (Å²) < 4.78 is 5.07. The highest BCUT2D eigenvalue weighted by Crippen LogP contribution is 2.14. The van der Waals surface area contributed by atoms with Crippen molar-refractivity contribution in [3.63, 3.8) is 0 Å². The Bertz CT molecular complexity index is 384. The quantitative estimate of drug-likeness (QED) is 0.769. The highest BCUT2D eigenvalue weighted by atomic mass is 16.5. The van der Waals surface area contributed by atoms with Gasteiger partial charge in [0.2, 0.25) is 5.88 Å². The number of aromatic nitrogens is 2. The molecule has 1 atom stereocenters. The minimum absolute atomic E-state index is 0.00371. The number of ether oxygens (including phenoxy) is 1. The van der Waals surface area contributed by atoms with Crippen LogP contribution in [0.3, 0.4) is 0 Å². The first-order valence-corrected chi connectivity index (χ1v) is 5.32. The van der Waals surface area contributed by atoms with E-state index in [0.717, 1.165) is 12.8 Å². The summed E-state index contributed by atoms with van der Waals surface area (Å²) in [4.78, 5) is 8.36. The summed E-state index contributed by atoms with van der Waals surface area (Å²) in [6, 6.07) is 1.75. The molecule has 0 amide bonds. The molecular weight excluding hydrogens is 202 g/mol. The van der Waals surface area contributed by atoms with Crippen LogP contribution in [0, 0.1) is 19.3 Å². The maximum absolute atomic E-state index is 5.43. The second kappa shape index (κ2) is 5.96. The molecule has 1 heterocycles. The summed E-state index contributed by atoms with van der Waals surface area (Å²) in [6.45, 7) is 3.91. The third-order valence-electron chi connectivity index (χ3n) is 2.12. The standard InChI is InChI=1S/C12H17N3O/c1-5-7-10(6-2)15-11-8-12(16-4)14-9(3)13-11/h2,8,10H,5,7H2,1,3-4H3,(H,13,14,15). The summed E-state index contributed by atoms with van der Waals surface area (Å²) in [5, 5.41) is 3.18. The van der Waals surface area contributed by atoms with Gasteiger partial charge < -0.3 is 10.1 Å². The normalized spacial score (nSPS) is 11.6. The van der Waals surface area contributed by atoms with Crippen molar-refractivity contribution < 1.29 is 4.74 Å². The maximum atomic E-state index is 5.43. The van der Waals surface area contributed by atoms with Crippen molar-refractivity contribution in [2.75, 3.05) is 12.4 Å². The zero-order valence-electron chi connectivity index (χ0n) is 9.95. The largest absolute Gasteiger partial charge is 0.481 e. The van der Waals surface area contributed by atoms with Crippen LogP contribution in [-0.2, 0) is 0 Å². The molecule has 0 radical (unpaired) electrons. The van der Waals surface area contributed by atoms with Crippen molar-refractivity contribution in [3.05, 3.63) is 11.9 Å². The Hall–Kier alpha value is -1.76. The van der Waals surface area contributed by atoms with Gasteiger partial charge in [-0.1, -0.05) is 19.3 Å². The topological polar surface area (TPSA) is 47.0 Å². The number of hydrogen-bond donors (Lipinski definition) is 1. The zero-order valence-corrected chi connectivity index (χ0v) is 9.95. The van der Waals surface area contributed by atoms with Gasteiger partial charge >= 0.3 is 0 Å². The van der Waals surface area contributed by atoms with Crippen molar-refractivity contribution in [2.24, 2.45) is 0 Å². The number of aryl methyl sites for hydroxylation is 1. The van der Waals surface area contributed by atoms with E-state index >= 15 is 0 Å². The number of anilines is 1. The fourth-order valence-corrected chi connectivity index (χ4v) is 1.38. The number of terminal acetylenes is 1. The van der Waals surface area contributed by atoms with E-state index in [-0.39, 0.29) is 6.04 Å². The molecule has 1 rings (SSSR count). The fraction of sp³-hybridized carbons (Fsp3) is 0.500. The van der Waals surface area contributed by atoms with Gasteiger partial charge in [0.15, 0.2) is 0 Å². The van der Waals surface area contributed by atoms with Crippen LogP contribution in [0.4, 0.5) is 5.82 Å². The molecule has 4 nitrogen and oxygen atoms in total. The van der Waals surface area contributed by atoms with Gasteiger partial charge in [0, 0.05) is 6.07 Å². The van der Waals surface area contributed by atoms with Gasteiger partial charge in [-0.3, -0.25) is 0 Å². The molecular formula is C12H17N3O. The Morgan fingerprint density at radius 2 is 2.31 bits per heavy atom. The van der Waals surface area contributed by atoms with Crippen LogP contribution >= 0.6 is 0 Å². The predicted molar refractivity (Wildman–Crippen MR) is 64.5 cm³/mol. The molecule has 0 aliphatic heterocycles. The van der Waals surface area contributed by atoms with E-state index in [9.17, 15) is 0 Å². The molecule has 1 N–H and O–H groups in total. The second-order valence-electron chi connectivity index (χ2n) is 3.50. The SMILES string of the molecule is C#CC(CCC)Nc1cc(OC)nc(C)n1. The third-order valence-corrected chi connectivity index (χ3v) is 2.12. The first-order chi connectivity index (χ1) is 7.69. The molecule has 0 spiro atoms. The average molecular weight is 219 g/mol. The van der Waals surface area contributed by atoms with E-state index in [2.05, 4.69) is 28.1 Å². The lowest BCUT2D eigenvalue weighted by molar-refractivity contribution is 0.396. The summed E-state index contributed by atoms with van der Waals surface area (Å²) in [5.41, 5.74) is 0. The molecule has 0 saturated heterocycles. The molecule has 0 saturated carbocycles. The van der Waals surface area contributed by atoms with Crippen LogP contribution in [0.15, 0.2) is 6.07 Å². The van der Waals surface area contributed by atoms with E-state index < -0.39 is 0 Å². The van der Waals surface area contributed by atoms with Gasteiger partial charge in [-0.15, -0.1) is 6.42 Å². The van der Waals surface area contributed by atoms with Gasteiger partial charge in [0.25, 0.3) is 0 Å². The lowest BCUT2D eigenvalue weighted by atomic mass is 10.2. The van der Waals surface area contributed by atoms with Crippen LogP contribution in [0.1, 0.15) is 25.6 Å². The second-order valence-corrected chi connectivity index (χ2v) is 3.50. The van der Waals surface area contributed by atoms with Crippen LogP contribution in [0.2, 0.25) is 0 Å². The zero-order chi connectivity index (χ0) is 12.0. The van der Waals surface area contributed by atoms with Gasteiger partial charge in [0.05, 0.1) is 13.2 Å². The summed E-state index contributed by atoms with van der Waals surface area (Å²) in [7, 11) is 1.58. The molecule has 86 valence electrons. The molecule has 1 unspecified atom stereocenters. The monoisotopic (exact) mass is 219 g/mol. The van der Waals surface area contributed by atoms with E-state index in [1.54, 1.807) is 13.2 Å². The highest BCUT2D eigenvalue weighted by Gasteiger charge is 2.06. The van der Waals surface area contributed by atoms with E-state index in [1.165, 1.54) is 0 Å². The van der Waals surface area contributed by atoms with Gasteiger partial charge in [0.1, 0.15) is 11.6 Å². The third kappa shape index (κ3) is 3.43. The number of nitrogens with zero attached hydrogens (tertiary/aromatic N) is 2. The molecule has 4 heteroatoms. The summed E-state index contributed by atoms with van der Waals surface area (Å²) in [5.74, 6) is 4.61. The van der Waals surface area contributed by atoms with Gasteiger partial charge in [-0.25, -0.2) is 4.98 Å². The molecule has 16 heavy (non-hydrogen) atoms. The number of nitrogens with one attached hydrogen (secondary N) is 1. The highest BCUT2D eigenvalue weighted by molar-refractivity contribution is 5.41. The van der Waals surface area contributed by atoms with E-state index in [1.807, 2.05) is 6.92 Å². The van der Waals surface area contributed by atoms with E-state index in [0.29, 0.717) is 17.5 Å². The number of rotatable bonds is 5. The molecule has 0 aliphatic carbocycles. The molecule has 0 aliphatic rings. The molecule has 0 bridgehead atoms. The van der Waals surface area contributed by atoms with Crippen molar-refractivity contribution >= 4 is 5.82 Å². The van der Waals surface area contributed by atoms with Crippen LogP contribution in [-0.4, -0.2) is 23.1 Å². The Morgan fingerprint density at radius 1 is 1.56 bits per heavy atom. The lowest BCUT2D eigenvalue weighted by Crippen LogP contribution is -2.18. The average Bonchev–Trinajstić information content (AvgIpc) is 2.27. The summed E-state index contributed by atoms with van der Waals surface area (Å²) >= 11 is 0. The fourth-order valence-electron chi connectivity index (χ4n) is 1.38. The molecule has 1 aromatic rings. The Morgan fingerprint density at radius 3 is 2.88 bits per heavy atom. The summed E-state index contributed by atoms with van der Waals surface area (Å²) in [6.07, 6.45) is 7.38. The van der Waals surface area contributed by atoms with Crippen molar-refractivity contribution in [3.8, 4) is 18.2 Å². The predicted octanol–water partition coefficient (Wildman–Crippen LogP) is 2.01. The number of methoxy groups -OCH3 is 1.